The molecule has 0 spiro atoms. The van der Waals surface area contributed by atoms with Gasteiger partial charge in [-0.2, -0.15) is 0 Å². The second-order valence-corrected chi connectivity index (χ2v) is 8.03. The van der Waals surface area contributed by atoms with Gasteiger partial charge in [0.25, 0.3) is 11.6 Å². The zero-order valence-electron chi connectivity index (χ0n) is 18.4. The smallest absolute Gasteiger partial charge is 0.296 e. The monoisotopic (exact) mass is 454 g/mol. The lowest BCUT2D eigenvalue weighted by Crippen LogP contribution is -2.52. The summed E-state index contributed by atoms with van der Waals surface area (Å²) in [5, 5.41) is 14.0. The Balaban J connectivity index is 1.51. The number of piperidine rings is 1. The van der Waals surface area contributed by atoms with Crippen LogP contribution in [0.1, 0.15) is 19.3 Å². The number of methoxy groups -OCH3 is 1. The van der Waals surface area contributed by atoms with Gasteiger partial charge in [0.15, 0.2) is 6.10 Å². The third-order valence-corrected chi connectivity index (χ3v) is 5.81. The summed E-state index contributed by atoms with van der Waals surface area (Å²) in [6.45, 7) is 1.54. The predicted octanol–water partition coefficient (Wildman–Crippen LogP) is 2.82. The first-order valence-electron chi connectivity index (χ1n) is 10.9. The van der Waals surface area contributed by atoms with Crippen LogP contribution in [-0.4, -0.2) is 61.0 Å². The fourth-order valence-electron chi connectivity index (χ4n) is 4.16. The van der Waals surface area contributed by atoms with Crippen LogP contribution < -0.4 is 19.7 Å². The number of benzene rings is 2. The Hall–Kier alpha value is -3.82. The van der Waals surface area contributed by atoms with Gasteiger partial charge in [-0.15, -0.1) is 0 Å². The topological polar surface area (TPSA) is 114 Å². The lowest BCUT2D eigenvalue weighted by molar-refractivity contribution is -0.384. The van der Waals surface area contributed by atoms with Crippen LogP contribution in [0.4, 0.5) is 17.1 Å². The van der Waals surface area contributed by atoms with E-state index in [1.54, 1.807) is 17.0 Å². The van der Waals surface area contributed by atoms with Gasteiger partial charge in [0.05, 0.1) is 36.9 Å². The minimum Gasteiger partial charge on any atom is -0.496 e. The summed E-state index contributed by atoms with van der Waals surface area (Å²) < 4.78 is 11.0. The minimum atomic E-state index is -0.721. The Morgan fingerprint density at radius 3 is 2.67 bits per heavy atom. The van der Waals surface area contributed by atoms with E-state index in [-0.39, 0.29) is 30.4 Å². The van der Waals surface area contributed by atoms with Crippen LogP contribution in [0.15, 0.2) is 42.5 Å². The molecule has 0 aliphatic carbocycles. The van der Waals surface area contributed by atoms with Gasteiger partial charge in [0, 0.05) is 13.1 Å². The van der Waals surface area contributed by atoms with E-state index in [1.807, 2.05) is 23.1 Å². The molecule has 4 rings (SSSR count). The second kappa shape index (κ2) is 9.76. The molecule has 0 radical (unpaired) electrons. The number of carbonyl (C=O) groups is 2. The van der Waals surface area contributed by atoms with Crippen molar-refractivity contribution < 1.29 is 24.0 Å². The Bertz CT molecular complexity index is 1050. The highest BCUT2D eigenvalue weighted by Crippen LogP contribution is 2.34. The summed E-state index contributed by atoms with van der Waals surface area (Å²) in [5.41, 5.74) is 0.510. The molecule has 1 fully saturated rings. The number of rotatable bonds is 6. The number of anilines is 2. The minimum absolute atomic E-state index is 0.0771. The van der Waals surface area contributed by atoms with Crippen molar-refractivity contribution in [1.82, 2.24) is 4.90 Å². The van der Waals surface area contributed by atoms with Gasteiger partial charge in [-0.1, -0.05) is 12.1 Å². The predicted molar refractivity (Wildman–Crippen MR) is 122 cm³/mol. The summed E-state index contributed by atoms with van der Waals surface area (Å²) in [6, 6.07) is 11.5. The van der Waals surface area contributed by atoms with E-state index in [2.05, 4.69) is 5.32 Å². The molecule has 1 unspecified atom stereocenters. The molecule has 2 aromatic carbocycles. The molecule has 174 valence electrons. The molecular weight excluding hydrogens is 428 g/mol. The van der Waals surface area contributed by atoms with Crippen LogP contribution in [0, 0.1) is 10.1 Å². The van der Waals surface area contributed by atoms with E-state index < -0.39 is 16.9 Å². The molecule has 0 saturated carbocycles. The van der Waals surface area contributed by atoms with Crippen LogP contribution in [0.3, 0.4) is 0 Å². The SMILES string of the molecule is COc1ccc(NC(=O)CN2CC(C(=O)N3CCCCC3)Oc3ccccc32)c([N+](=O)[O-])c1. The number of fused-ring (bicyclic) bond motifs is 1. The number of nitrogens with zero attached hydrogens (tertiary/aromatic N) is 3. The normalized spacial score (nSPS) is 17.5. The van der Waals surface area contributed by atoms with E-state index in [1.165, 1.54) is 19.2 Å². The lowest BCUT2D eigenvalue weighted by Gasteiger charge is -2.38. The quantitative estimate of drug-likeness (QED) is 0.527. The van der Waals surface area contributed by atoms with Crippen molar-refractivity contribution in [3.05, 3.63) is 52.6 Å². The number of para-hydroxylation sites is 2. The van der Waals surface area contributed by atoms with Gasteiger partial charge in [-0.05, 0) is 43.5 Å². The lowest BCUT2D eigenvalue weighted by atomic mass is 10.1. The largest absolute Gasteiger partial charge is 0.496 e. The molecule has 2 aliphatic rings. The second-order valence-electron chi connectivity index (χ2n) is 8.03. The van der Waals surface area contributed by atoms with Crippen LogP contribution in [-0.2, 0) is 9.59 Å². The number of hydrogen-bond acceptors (Lipinski definition) is 7. The number of amides is 2. The molecule has 2 aliphatic heterocycles. The third kappa shape index (κ3) is 5.00. The first-order valence-corrected chi connectivity index (χ1v) is 10.9. The highest BCUT2D eigenvalue weighted by molar-refractivity contribution is 5.96. The summed E-state index contributed by atoms with van der Waals surface area (Å²) in [7, 11) is 1.41. The van der Waals surface area contributed by atoms with E-state index in [0.717, 1.165) is 19.3 Å². The first-order chi connectivity index (χ1) is 16.0. The molecule has 10 nitrogen and oxygen atoms in total. The average Bonchev–Trinajstić information content (AvgIpc) is 2.84. The number of likely N-dealkylation sites (tertiary alicyclic amines) is 1. The molecule has 2 amide bonds. The van der Waals surface area contributed by atoms with Gasteiger partial charge >= 0.3 is 0 Å². The fraction of sp³-hybridized carbons (Fsp3) is 0.391. The number of hydrogen-bond donors (Lipinski definition) is 1. The standard InChI is InChI=1S/C23H26N4O6/c1-32-16-9-10-17(19(13-16)27(30)31)24-22(28)15-26-14-21(23(29)25-11-5-2-6-12-25)33-20-8-4-3-7-18(20)26/h3-4,7-10,13,21H,2,5-6,11-12,14-15H2,1H3,(H,24,28). The Morgan fingerprint density at radius 2 is 1.94 bits per heavy atom. The first kappa shape index (κ1) is 22.4. The van der Waals surface area contributed by atoms with Gasteiger partial charge in [-0.3, -0.25) is 19.7 Å². The van der Waals surface area contributed by atoms with Crippen molar-refractivity contribution in [2.24, 2.45) is 0 Å². The van der Waals surface area contributed by atoms with Gasteiger partial charge in [-0.25, -0.2) is 0 Å². The van der Waals surface area contributed by atoms with Crippen LogP contribution in [0.2, 0.25) is 0 Å². The summed E-state index contributed by atoms with van der Waals surface area (Å²) in [4.78, 5) is 40.4. The van der Waals surface area contributed by atoms with Crippen LogP contribution in [0.25, 0.3) is 0 Å². The average molecular weight is 454 g/mol. The highest BCUT2D eigenvalue weighted by atomic mass is 16.6. The molecule has 0 aromatic heterocycles. The number of nitro groups is 1. The number of carbonyl (C=O) groups excluding carboxylic acids is 2. The third-order valence-electron chi connectivity index (χ3n) is 5.81. The zero-order chi connectivity index (χ0) is 23.4. The van der Waals surface area contributed by atoms with E-state index in [4.69, 9.17) is 9.47 Å². The van der Waals surface area contributed by atoms with Crippen molar-refractivity contribution in [2.75, 3.05) is 43.5 Å². The highest BCUT2D eigenvalue weighted by Gasteiger charge is 2.34. The summed E-state index contributed by atoms with van der Waals surface area (Å²) in [5.74, 6) is 0.327. The summed E-state index contributed by atoms with van der Waals surface area (Å²) in [6.07, 6.45) is 2.34. The number of nitro benzene ring substituents is 1. The maximum absolute atomic E-state index is 13.1. The molecule has 0 bridgehead atoms. The van der Waals surface area contributed by atoms with Crippen molar-refractivity contribution in [2.45, 2.75) is 25.4 Å². The molecule has 2 aromatic rings. The Labute approximate surface area is 191 Å². The fourth-order valence-corrected chi connectivity index (χ4v) is 4.16. The van der Waals surface area contributed by atoms with E-state index in [0.29, 0.717) is 30.3 Å². The van der Waals surface area contributed by atoms with Crippen molar-refractivity contribution >= 4 is 28.9 Å². The molecule has 2 heterocycles. The molecule has 1 saturated heterocycles. The molecule has 1 atom stereocenters. The molecule has 10 heteroatoms. The number of ether oxygens (including phenoxy) is 2. The number of nitrogens with one attached hydrogen (secondary N) is 1. The Morgan fingerprint density at radius 1 is 1.18 bits per heavy atom. The maximum atomic E-state index is 13.1. The molecule has 33 heavy (non-hydrogen) atoms. The van der Waals surface area contributed by atoms with Crippen molar-refractivity contribution in [3.8, 4) is 11.5 Å². The summed E-state index contributed by atoms with van der Waals surface area (Å²) >= 11 is 0. The maximum Gasteiger partial charge on any atom is 0.296 e. The molecule has 1 N–H and O–H groups in total. The van der Waals surface area contributed by atoms with Crippen LogP contribution in [0.5, 0.6) is 11.5 Å². The van der Waals surface area contributed by atoms with Crippen LogP contribution >= 0.6 is 0 Å². The van der Waals surface area contributed by atoms with E-state index in [9.17, 15) is 19.7 Å². The zero-order valence-corrected chi connectivity index (χ0v) is 18.4. The van der Waals surface area contributed by atoms with Crippen molar-refractivity contribution in [3.63, 3.8) is 0 Å². The van der Waals surface area contributed by atoms with Gasteiger partial charge in [0.2, 0.25) is 5.91 Å². The molecular formula is C23H26N4O6. The van der Waals surface area contributed by atoms with Crippen molar-refractivity contribution in [1.29, 1.82) is 0 Å². The van der Waals surface area contributed by atoms with Gasteiger partial charge in [0.1, 0.15) is 17.2 Å². The van der Waals surface area contributed by atoms with E-state index >= 15 is 0 Å². The Kier molecular flexibility index (Phi) is 6.62. The van der Waals surface area contributed by atoms with Gasteiger partial charge < -0.3 is 24.6 Å².